The molecule has 114 valence electrons. The van der Waals surface area contributed by atoms with Crippen LogP contribution in [0.5, 0.6) is 0 Å². The first kappa shape index (κ1) is 13.5. The molecule has 2 heterocycles. The molecule has 0 bridgehead atoms. The van der Waals surface area contributed by atoms with Crippen molar-refractivity contribution in [3.63, 3.8) is 0 Å². The van der Waals surface area contributed by atoms with Gasteiger partial charge in [0.05, 0.1) is 11.3 Å². The maximum atomic E-state index is 3.97. The van der Waals surface area contributed by atoms with Crippen LogP contribution in [0.1, 0.15) is 65.2 Å². The van der Waals surface area contributed by atoms with Crippen LogP contribution < -0.4 is 21.3 Å². The summed E-state index contributed by atoms with van der Waals surface area (Å²) >= 11 is 0. The molecule has 0 aromatic carbocycles. The zero-order valence-corrected chi connectivity index (χ0v) is 13.0. The van der Waals surface area contributed by atoms with E-state index >= 15 is 0 Å². The first-order valence-electron chi connectivity index (χ1n) is 8.70. The fourth-order valence-electron chi connectivity index (χ4n) is 5.10. The van der Waals surface area contributed by atoms with Gasteiger partial charge in [0.15, 0.2) is 0 Å². The van der Waals surface area contributed by atoms with E-state index in [0.29, 0.717) is 24.2 Å². The molecule has 4 fully saturated rings. The van der Waals surface area contributed by atoms with Crippen molar-refractivity contribution >= 4 is 0 Å². The summed E-state index contributed by atoms with van der Waals surface area (Å²) < 4.78 is 0. The van der Waals surface area contributed by atoms with Gasteiger partial charge in [-0.05, 0) is 39.5 Å². The molecule has 2 aliphatic heterocycles. The molecule has 2 aliphatic carbocycles. The van der Waals surface area contributed by atoms with Crippen molar-refractivity contribution in [2.24, 2.45) is 0 Å². The minimum absolute atomic E-state index is 0.0377. The van der Waals surface area contributed by atoms with Crippen LogP contribution in [0, 0.1) is 0 Å². The van der Waals surface area contributed by atoms with Crippen molar-refractivity contribution in [3.8, 4) is 0 Å². The lowest BCUT2D eigenvalue weighted by Crippen LogP contribution is -2.91. The Morgan fingerprint density at radius 3 is 1.05 bits per heavy atom. The van der Waals surface area contributed by atoms with Crippen molar-refractivity contribution in [2.45, 2.75) is 101 Å². The highest BCUT2D eigenvalue weighted by Crippen LogP contribution is 2.36. The van der Waals surface area contributed by atoms with Gasteiger partial charge in [0, 0.05) is 24.2 Å². The largest absolute Gasteiger partial charge is 0.293 e. The summed E-state index contributed by atoms with van der Waals surface area (Å²) in [4.78, 5) is 0. The summed E-state index contributed by atoms with van der Waals surface area (Å²) in [7, 11) is 0. The Labute approximate surface area is 122 Å². The third-order valence-electron chi connectivity index (χ3n) is 6.43. The van der Waals surface area contributed by atoms with E-state index in [1.807, 2.05) is 0 Å². The van der Waals surface area contributed by atoms with E-state index in [9.17, 15) is 0 Å². The number of hydrogen-bond acceptors (Lipinski definition) is 4. The molecule has 0 aromatic rings. The van der Waals surface area contributed by atoms with Crippen LogP contribution in [0.3, 0.4) is 0 Å². The molecule has 4 N–H and O–H groups in total. The monoisotopic (exact) mass is 278 g/mol. The average molecular weight is 278 g/mol. The van der Waals surface area contributed by atoms with Crippen molar-refractivity contribution in [3.05, 3.63) is 0 Å². The quantitative estimate of drug-likeness (QED) is 0.541. The van der Waals surface area contributed by atoms with E-state index in [1.165, 1.54) is 51.4 Å². The lowest BCUT2D eigenvalue weighted by Gasteiger charge is -2.64. The predicted molar refractivity (Wildman–Crippen MR) is 81.4 cm³/mol. The Balaban J connectivity index is 1.60. The molecular formula is C16H30N4. The highest BCUT2D eigenvalue weighted by molar-refractivity contribution is 5.17. The van der Waals surface area contributed by atoms with Gasteiger partial charge in [-0.15, -0.1) is 0 Å². The zero-order valence-electron chi connectivity index (χ0n) is 13.0. The number of piperazine rings is 2. The molecule has 4 aliphatic rings. The Bertz CT molecular complexity index is 319. The van der Waals surface area contributed by atoms with E-state index in [2.05, 4.69) is 35.1 Å². The smallest absolute Gasteiger partial charge is 0.0984 e. The van der Waals surface area contributed by atoms with E-state index < -0.39 is 0 Å². The molecule has 0 unspecified atom stereocenters. The van der Waals surface area contributed by atoms with Crippen LogP contribution in [0.25, 0.3) is 0 Å². The first-order valence-corrected chi connectivity index (χ1v) is 8.70. The Hall–Kier alpha value is -0.160. The second kappa shape index (κ2) is 4.67. The van der Waals surface area contributed by atoms with Gasteiger partial charge in [-0.3, -0.25) is 21.3 Å². The fraction of sp³-hybridized carbons (Fsp3) is 1.00. The Kier molecular flexibility index (Phi) is 3.15. The summed E-state index contributed by atoms with van der Waals surface area (Å²) in [6, 6.07) is 2.54. The molecule has 4 heteroatoms. The second-order valence-corrected chi connectivity index (χ2v) is 7.82. The zero-order chi connectivity index (χ0) is 13.8. The minimum atomic E-state index is -0.0377. The predicted octanol–water partition coefficient (Wildman–Crippen LogP) is 1.43. The van der Waals surface area contributed by atoms with E-state index in [4.69, 9.17) is 0 Å². The molecular weight excluding hydrogens is 248 g/mol. The number of fused-ring (bicyclic) bond motifs is 3. The van der Waals surface area contributed by atoms with Crippen molar-refractivity contribution in [1.29, 1.82) is 0 Å². The average Bonchev–Trinajstić information content (AvgIpc) is 2.42. The van der Waals surface area contributed by atoms with Crippen molar-refractivity contribution < 1.29 is 0 Å². The minimum Gasteiger partial charge on any atom is -0.293 e. The molecule has 4 atom stereocenters. The third kappa shape index (κ3) is 1.96. The lowest BCUT2D eigenvalue weighted by molar-refractivity contribution is -0.0523. The summed E-state index contributed by atoms with van der Waals surface area (Å²) in [6.07, 6.45) is 10.8. The molecule has 4 rings (SSSR count). The van der Waals surface area contributed by atoms with E-state index in [0.717, 1.165) is 0 Å². The highest BCUT2D eigenvalue weighted by Gasteiger charge is 2.57. The van der Waals surface area contributed by atoms with Gasteiger partial charge in [-0.1, -0.05) is 25.7 Å². The number of hydrogen-bond donors (Lipinski definition) is 4. The van der Waals surface area contributed by atoms with Crippen molar-refractivity contribution in [1.82, 2.24) is 21.3 Å². The molecule has 2 saturated carbocycles. The van der Waals surface area contributed by atoms with E-state index in [-0.39, 0.29) is 11.3 Å². The second-order valence-electron chi connectivity index (χ2n) is 7.82. The van der Waals surface area contributed by atoms with Crippen LogP contribution in [0.15, 0.2) is 0 Å². The molecule has 0 radical (unpaired) electrons. The standard InChI is InChI=1S/C16H30N4/c1-15-16(2,19-13-9-5-3-7-11(13)17-15)20-14-10-6-4-8-12(14)18-15/h11-14,17-20H,3-10H2,1-2H3/t11-,12-,13-,14-,15?,16?/m0/s1. The molecule has 2 saturated heterocycles. The molecule has 0 amide bonds. The van der Waals surface area contributed by atoms with Gasteiger partial charge >= 0.3 is 0 Å². The highest BCUT2D eigenvalue weighted by atomic mass is 15.4. The van der Waals surface area contributed by atoms with Crippen LogP contribution in [-0.2, 0) is 0 Å². The fourth-order valence-corrected chi connectivity index (χ4v) is 5.10. The molecule has 0 aromatic heterocycles. The summed E-state index contributed by atoms with van der Waals surface area (Å²) in [5, 5.41) is 15.9. The Morgan fingerprint density at radius 2 is 0.800 bits per heavy atom. The first-order chi connectivity index (χ1) is 9.60. The Morgan fingerprint density at radius 1 is 0.550 bits per heavy atom. The van der Waals surface area contributed by atoms with Crippen LogP contribution >= 0.6 is 0 Å². The SMILES string of the molecule is CC12N[C@H]3CCCC[C@@H]3NC1(C)N[C@H]1CCCC[C@@H]1N2. The van der Waals surface area contributed by atoms with Gasteiger partial charge in [0.25, 0.3) is 0 Å². The van der Waals surface area contributed by atoms with Crippen LogP contribution in [0.2, 0.25) is 0 Å². The van der Waals surface area contributed by atoms with Crippen molar-refractivity contribution in [2.75, 3.05) is 0 Å². The molecule has 4 nitrogen and oxygen atoms in total. The maximum absolute atomic E-state index is 3.97. The number of rotatable bonds is 0. The van der Waals surface area contributed by atoms with Gasteiger partial charge in [0.1, 0.15) is 0 Å². The summed E-state index contributed by atoms with van der Waals surface area (Å²) in [6.45, 7) is 4.70. The van der Waals surface area contributed by atoms with E-state index in [1.54, 1.807) is 0 Å². The van der Waals surface area contributed by atoms with Gasteiger partial charge in [-0.25, -0.2) is 0 Å². The number of nitrogens with one attached hydrogen (secondary N) is 4. The van der Waals surface area contributed by atoms with Gasteiger partial charge in [0.2, 0.25) is 0 Å². The van der Waals surface area contributed by atoms with Gasteiger partial charge in [-0.2, -0.15) is 0 Å². The molecule has 0 spiro atoms. The lowest BCUT2D eigenvalue weighted by atomic mass is 9.76. The van der Waals surface area contributed by atoms with Crippen LogP contribution in [-0.4, -0.2) is 35.5 Å². The van der Waals surface area contributed by atoms with Crippen LogP contribution in [0.4, 0.5) is 0 Å². The topological polar surface area (TPSA) is 48.1 Å². The maximum Gasteiger partial charge on any atom is 0.0984 e. The normalized spacial score (nSPS) is 55.5. The summed E-state index contributed by atoms with van der Waals surface area (Å²) in [5.41, 5.74) is -0.0754. The van der Waals surface area contributed by atoms with Gasteiger partial charge < -0.3 is 0 Å². The molecule has 20 heavy (non-hydrogen) atoms. The third-order valence-corrected chi connectivity index (χ3v) is 6.43. The summed E-state index contributed by atoms with van der Waals surface area (Å²) in [5.74, 6) is 0.